The van der Waals surface area contributed by atoms with Crippen LogP contribution < -0.4 is 0 Å². The molecule has 0 aliphatic carbocycles. The molecule has 1 amide bonds. The van der Waals surface area contributed by atoms with E-state index in [9.17, 15) is 4.79 Å². The number of carbonyl (C=O) groups excluding carboxylic acids is 1. The van der Waals surface area contributed by atoms with Gasteiger partial charge in [-0.1, -0.05) is 6.92 Å². The van der Waals surface area contributed by atoms with Crippen LogP contribution in [0.25, 0.3) is 0 Å². The van der Waals surface area contributed by atoms with Gasteiger partial charge in [-0.15, -0.1) is 0 Å². The number of morpholine rings is 1. The second kappa shape index (κ2) is 7.49. The van der Waals surface area contributed by atoms with Crippen molar-refractivity contribution in [3.63, 3.8) is 0 Å². The van der Waals surface area contributed by atoms with Crippen LogP contribution >= 0.6 is 0 Å². The highest BCUT2D eigenvalue weighted by Gasteiger charge is 2.28. The molecule has 2 fully saturated rings. The average molecular weight is 320 g/mol. The Kier molecular flexibility index (Phi) is 5.38. The van der Waals surface area contributed by atoms with Gasteiger partial charge in [-0.05, 0) is 37.3 Å². The number of ether oxygens (including phenoxy) is 1. The first-order valence-electron chi connectivity index (χ1n) is 8.86. The van der Waals surface area contributed by atoms with Crippen molar-refractivity contribution >= 4 is 5.91 Å². The van der Waals surface area contributed by atoms with Gasteiger partial charge in [-0.3, -0.25) is 9.69 Å². The summed E-state index contributed by atoms with van der Waals surface area (Å²) in [6.45, 7) is 10.5. The standard InChI is InChI=1S/C18H28N2O3/c1-3-16-14(2)11-17(23-16)18(21)20-6-4-5-15(13-20)12-19-7-9-22-10-8-19/h11,15H,3-10,12-13H2,1-2H3/t15-/m1/s1. The number of amides is 1. The van der Waals surface area contributed by atoms with E-state index in [4.69, 9.17) is 9.15 Å². The van der Waals surface area contributed by atoms with E-state index >= 15 is 0 Å². The summed E-state index contributed by atoms with van der Waals surface area (Å²) in [7, 11) is 0. The van der Waals surface area contributed by atoms with Crippen molar-refractivity contribution in [3.05, 3.63) is 23.2 Å². The van der Waals surface area contributed by atoms with E-state index in [0.29, 0.717) is 11.7 Å². The van der Waals surface area contributed by atoms with Crippen LogP contribution in [0.5, 0.6) is 0 Å². The molecule has 2 saturated heterocycles. The summed E-state index contributed by atoms with van der Waals surface area (Å²) in [6, 6.07) is 1.90. The van der Waals surface area contributed by atoms with Gasteiger partial charge < -0.3 is 14.1 Å². The number of nitrogens with zero attached hydrogens (tertiary/aromatic N) is 2. The number of hydrogen-bond donors (Lipinski definition) is 0. The Morgan fingerprint density at radius 3 is 2.78 bits per heavy atom. The summed E-state index contributed by atoms with van der Waals surface area (Å²) >= 11 is 0. The fourth-order valence-electron chi connectivity index (χ4n) is 3.68. The predicted molar refractivity (Wildman–Crippen MR) is 88.7 cm³/mol. The predicted octanol–water partition coefficient (Wildman–Crippen LogP) is 2.33. The maximum Gasteiger partial charge on any atom is 0.289 e. The van der Waals surface area contributed by atoms with Crippen LogP contribution in [0.1, 0.15) is 41.6 Å². The topological polar surface area (TPSA) is 45.9 Å². The van der Waals surface area contributed by atoms with Gasteiger partial charge in [0.15, 0.2) is 5.76 Å². The van der Waals surface area contributed by atoms with Gasteiger partial charge in [0.1, 0.15) is 5.76 Å². The molecule has 0 bridgehead atoms. The Balaban J connectivity index is 1.59. The molecule has 128 valence electrons. The number of aryl methyl sites for hydroxylation is 2. The van der Waals surface area contributed by atoms with Crippen LogP contribution in [0.2, 0.25) is 0 Å². The van der Waals surface area contributed by atoms with Crippen molar-refractivity contribution < 1.29 is 13.9 Å². The van der Waals surface area contributed by atoms with E-state index in [2.05, 4.69) is 11.8 Å². The highest BCUT2D eigenvalue weighted by Crippen LogP contribution is 2.22. The van der Waals surface area contributed by atoms with E-state index < -0.39 is 0 Å². The van der Waals surface area contributed by atoms with Crippen molar-refractivity contribution in [1.29, 1.82) is 0 Å². The maximum atomic E-state index is 12.7. The SMILES string of the molecule is CCc1oc(C(=O)N2CCC[C@H](CN3CCOCC3)C2)cc1C. The first-order valence-corrected chi connectivity index (χ1v) is 8.86. The zero-order valence-corrected chi connectivity index (χ0v) is 14.3. The minimum atomic E-state index is 0.0551. The minimum absolute atomic E-state index is 0.0551. The minimum Gasteiger partial charge on any atom is -0.456 e. The van der Waals surface area contributed by atoms with Crippen LogP contribution in [0.15, 0.2) is 10.5 Å². The molecule has 0 saturated carbocycles. The third-order valence-electron chi connectivity index (χ3n) is 4.98. The zero-order valence-electron chi connectivity index (χ0n) is 14.3. The van der Waals surface area contributed by atoms with E-state index in [1.54, 1.807) is 0 Å². The summed E-state index contributed by atoms with van der Waals surface area (Å²) < 4.78 is 11.2. The lowest BCUT2D eigenvalue weighted by molar-refractivity contribution is 0.0220. The van der Waals surface area contributed by atoms with Crippen molar-refractivity contribution in [2.24, 2.45) is 5.92 Å². The molecule has 3 rings (SSSR count). The second-order valence-electron chi connectivity index (χ2n) is 6.74. The molecule has 23 heavy (non-hydrogen) atoms. The summed E-state index contributed by atoms with van der Waals surface area (Å²) in [4.78, 5) is 17.2. The monoisotopic (exact) mass is 320 g/mol. The number of carbonyl (C=O) groups is 1. The van der Waals surface area contributed by atoms with Crippen LogP contribution in [0.4, 0.5) is 0 Å². The quantitative estimate of drug-likeness (QED) is 0.854. The smallest absolute Gasteiger partial charge is 0.289 e. The zero-order chi connectivity index (χ0) is 16.2. The fraction of sp³-hybridized carbons (Fsp3) is 0.722. The lowest BCUT2D eigenvalue weighted by Crippen LogP contribution is -2.46. The van der Waals surface area contributed by atoms with E-state index in [-0.39, 0.29) is 5.91 Å². The molecular formula is C18H28N2O3. The molecule has 5 heteroatoms. The molecule has 5 nitrogen and oxygen atoms in total. The number of rotatable bonds is 4. The molecule has 3 heterocycles. The molecule has 1 atom stereocenters. The van der Waals surface area contributed by atoms with Crippen molar-refractivity contribution in [2.75, 3.05) is 45.9 Å². The lowest BCUT2D eigenvalue weighted by Gasteiger charge is -2.36. The molecule has 0 N–H and O–H groups in total. The van der Waals surface area contributed by atoms with Crippen LogP contribution in [-0.2, 0) is 11.2 Å². The van der Waals surface area contributed by atoms with E-state index in [1.807, 2.05) is 17.9 Å². The summed E-state index contributed by atoms with van der Waals surface area (Å²) in [5, 5.41) is 0. The summed E-state index contributed by atoms with van der Waals surface area (Å²) in [6.07, 6.45) is 3.12. The third kappa shape index (κ3) is 3.96. The molecule has 0 unspecified atom stereocenters. The molecule has 0 spiro atoms. The maximum absolute atomic E-state index is 12.7. The molecule has 1 aromatic heterocycles. The fourth-order valence-corrected chi connectivity index (χ4v) is 3.68. The largest absolute Gasteiger partial charge is 0.456 e. The Labute approximate surface area is 138 Å². The summed E-state index contributed by atoms with van der Waals surface area (Å²) in [5.74, 6) is 2.05. The van der Waals surface area contributed by atoms with Crippen molar-refractivity contribution in [2.45, 2.75) is 33.1 Å². The van der Waals surface area contributed by atoms with E-state index in [1.165, 1.54) is 6.42 Å². The first kappa shape index (κ1) is 16.5. The number of likely N-dealkylation sites (tertiary alicyclic amines) is 1. The van der Waals surface area contributed by atoms with Gasteiger partial charge in [0.25, 0.3) is 5.91 Å². The van der Waals surface area contributed by atoms with Crippen LogP contribution in [0.3, 0.4) is 0 Å². The number of furan rings is 1. The van der Waals surface area contributed by atoms with Crippen molar-refractivity contribution in [3.8, 4) is 0 Å². The van der Waals surface area contributed by atoms with Gasteiger partial charge >= 0.3 is 0 Å². The Hall–Kier alpha value is -1.33. The van der Waals surface area contributed by atoms with Crippen molar-refractivity contribution in [1.82, 2.24) is 9.80 Å². The second-order valence-corrected chi connectivity index (χ2v) is 6.74. The van der Waals surface area contributed by atoms with Gasteiger partial charge in [-0.25, -0.2) is 0 Å². The molecule has 0 radical (unpaired) electrons. The highest BCUT2D eigenvalue weighted by molar-refractivity contribution is 5.91. The summed E-state index contributed by atoms with van der Waals surface area (Å²) in [5.41, 5.74) is 1.08. The normalized spacial score (nSPS) is 23.2. The van der Waals surface area contributed by atoms with E-state index in [0.717, 1.165) is 70.1 Å². The Morgan fingerprint density at radius 2 is 2.09 bits per heavy atom. The average Bonchev–Trinajstić information content (AvgIpc) is 2.96. The molecule has 2 aliphatic rings. The Morgan fingerprint density at radius 1 is 1.30 bits per heavy atom. The number of hydrogen-bond acceptors (Lipinski definition) is 4. The molecule has 1 aromatic rings. The molecule has 0 aromatic carbocycles. The third-order valence-corrected chi connectivity index (χ3v) is 4.98. The van der Waals surface area contributed by atoms with Crippen LogP contribution in [-0.4, -0.2) is 61.6 Å². The Bertz CT molecular complexity index is 534. The van der Waals surface area contributed by atoms with Gasteiger partial charge in [0.2, 0.25) is 0 Å². The molecule has 2 aliphatic heterocycles. The first-order chi connectivity index (χ1) is 11.2. The molecular weight excluding hydrogens is 292 g/mol. The lowest BCUT2D eigenvalue weighted by atomic mass is 9.97. The van der Waals surface area contributed by atoms with Gasteiger partial charge in [0, 0.05) is 39.1 Å². The van der Waals surface area contributed by atoms with Crippen LogP contribution in [0, 0.1) is 12.8 Å². The number of piperidine rings is 1. The highest BCUT2D eigenvalue weighted by atomic mass is 16.5. The van der Waals surface area contributed by atoms with Gasteiger partial charge in [0.05, 0.1) is 13.2 Å². The van der Waals surface area contributed by atoms with Gasteiger partial charge in [-0.2, -0.15) is 0 Å².